The molecule has 3 rings (SSSR count). The van der Waals surface area contributed by atoms with Crippen molar-refractivity contribution in [1.29, 1.82) is 0 Å². The molecule has 0 aliphatic rings. The minimum Gasteiger partial charge on any atom is -0.350 e. The molecule has 1 N–H and O–H groups in total. The number of fused-ring (bicyclic) bond motifs is 1. The maximum absolute atomic E-state index is 14.2. The molecule has 9 heteroatoms. The van der Waals surface area contributed by atoms with Crippen LogP contribution in [0.4, 0.5) is 17.6 Å². The van der Waals surface area contributed by atoms with Gasteiger partial charge in [0.2, 0.25) is 0 Å². The fourth-order valence-electron chi connectivity index (χ4n) is 2.74. The van der Waals surface area contributed by atoms with E-state index in [1.165, 1.54) is 36.7 Å². The van der Waals surface area contributed by atoms with E-state index in [4.69, 9.17) is 0 Å². The number of nitrogens with zero attached hydrogens (tertiary/aromatic N) is 2. The Bertz CT molecular complexity index is 1050. The monoisotopic (exact) mass is 379 g/mol. The molecule has 1 amide bonds. The number of hydrogen-bond acceptors (Lipinski definition) is 3. The Balaban J connectivity index is 1.96. The Morgan fingerprint density at radius 3 is 2.52 bits per heavy atom. The van der Waals surface area contributed by atoms with Gasteiger partial charge in [0.15, 0.2) is 5.43 Å². The van der Waals surface area contributed by atoms with Crippen LogP contribution in [-0.2, 0) is 12.7 Å². The Labute approximate surface area is 150 Å². The fraction of sp³-hybridized carbons (Fsp3) is 0.167. The number of hydrogen-bond donors (Lipinski definition) is 1. The van der Waals surface area contributed by atoms with Crippen LogP contribution in [0.1, 0.15) is 16.1 Å². The maximum atomic E-state index is 14.2. The number of nitrogens with one attached hydrogen (secondary N) is 1. The third kappa shape index (κ3) is 3.81. The van der Waals surface area contributed by atoms with Crippen LogP contribution in [0.5, 0.6) is 0 Å². The molecule has 3 aromatic rings. The standard InChI is InChI=1S/C18H13F4N3O2/c19-13-3-1-2-12-14(26)10-15(18(20,21)22)25(16(12)13)9-8-24-17(27)11-4-6-23-7-5-11/h1-7,10H,8-9H2,(H,24,27). The van der Waals surface area contributed by atoms with E-state index in [2.05, 4.69) is 10.3 Å². The predicted molar refractivity (Wildman–Crippen MR) is 89.7 cm³/mol. The topological polar surface area (TPSA) is 64.0 Å². The minimum absolute atomic E-state index is 0.163. The average molecular weight is 379 g/mol. The van der Waals surface area contributed by atoms with E-state index in [0.717, 1.165) is 6.07 Å². The molecule has 0 aliphatic carbocycles. The summed E-state index contributed by atoms with van der Waals surface area (Å²) in [7, 11) is 0. The van der Waals surface area contributed by atoms with Crippen LogP contribution >= 0.6 is 0 Å². The van der Waals surface area contributed by atoms with Gasteiger partial charge in [0.05, 0.1) is 5.52 Å². The van der Waals surface area contributed by atoms with E-state index >= 15 is 0 Å². The molecule has 0 bridgehead atoms. The van der Waals surface area contributed by atoms with Crippen molar-refractivity contribution >= 4 is 16.8 Å². The first-order valence-corrected chi connectivity index (χ1v) is 7.86. The minimum atomic E-state index is -4.86. The Morgan fingerprint density at radius 2 is 1.85 bits per heavy atom. The molecule has 2 aromatic heterocycles. The lowest BCUT2D eigenvalue weighted by Crippen LogP contribution is -2.30. The number of aromatic nitrogens is 2. The summed E-state index contributed by atoms with van der Waals surface area (Å²) in [6.07, 6.45) is -2.05. The first kappa shape index (κ1) is 18.6. The van der Waals surface area contributed by atoms with Crippen molar-refractivity contribution in [3.63, 3.8) is 0 Å². The zero-order valence-corrected chi connectivity index (χ0v) is 13.8. The SMILES string of the molecule is O=C(NCCn1c(C(F)(F)F)cc(=O)c2cccc(F)c21)c1ccncc1. The third-order valence-electron chi connectivity index (χ3n) is 3.93. The molecule has 0 saturated carbocycles. The maximum Gasteiger partial charge on any atom is 0.431 e. The smallest absolute Gasteiger partial charge is 0.350 e. The van der Waals surface area contributed by atoms with Crippen molar-refractivity contribution in [3.05, 3.63) is 76.1 Å². The molecule has 0 atom stereocenters. The van der Waals surface area contributed by atoms with E-state index < -0.39 is 34.5 Å². The number of alkyl halides is 3. The van der Waals surface area contributed by atoms with Gasteiger partial charge >= 0.3 is 6.18 Å². The van der Waals surface area contributed by atoms with Crippen LogP contribution in [0.2, 0.25) is 0 Å². The van der Waals surface area contributed by atoms with Crippen molar-refractivity contribution in [2.24, 2.45) is 0 Å². The fourth-order valence-corrected chi connectivity index (χ4v) is 2.74. The summed E-state index contributed by atoms with van der Waals surface area (Å²) in [5.41, 5.74) is -2.36. The number of para-hydroxylation sites is 1. The highest BCUT2D eigenvalue weighted by molar-refractivity contribution is 5.93. The van der Waals surface area contributed by atoms with Gasteiger partial charge in [-0.15, -0.1) is 0 Å². The van der Waals surface area contributed by atoms with Crippen molar-refractivity contribution in [2.45, 2.75) is 12.7 Å². The number of carbonyl (C=O) groups is 1. The van der Waals surface area contributed by atoms with Crippen LogP contribution in [-0.4, -0.2) is 22.0 Å². The molecule has 2 heterocycles. The quantitative estimate of drug-likeness (QED) is 0.709. The number of pyridine rings is 2. The van der Waals surface area contributed by atoms with Gasteiger partial charge in [-0.2, -0.15) is 13.2 Å². The molecule has 0 spiro atoms. The van der Waals surface area contributed by atoms with Gasteiger partial charge in [-0.25, -0.2) is 4.39 Å². The molecule has 27 heavy (non-hydrogen) atoms. The molecule has 0 radical (unpaired) electrons. The molecule has 0 aliphatic heterocycles. The van der Waals surface area contributed by atoms with Gasteiger partial charge in [0.25, 0.3) is 5.91 Å². The molecule has 0 unspecified atom stereocenters. The molecule has 5 nitrogen and oxygen atoms in total. The molecule has 140 valence electrons. The van der Waals surface area contributed by atoms with Gasteiger partial charge in [-0.05, 0) is 24.3 Å². The number of amides is 1. The van der Waals surface area contributed by atoms with Gasteiger partial charge < -0.3 is 9.88 Å². The summed E-state index contributed by atoms with van der Waals surface area (Å²) in [6, 6.07) is 6.82. The van der Waals surface area contributed by atoms with Crippen molar-refractivity contribution in [3.8, 4) is 0 Å². The summed E-state index contributed by atoms with van der Waals surface area (Å²) < 4.78 is 55.0. The zero-order valence-electron chi connectivity index (χ0n) is 13.8. The summed E-state index contributed by atoms with van der Waals surface area (Å²) in [6.45, 7) is -0.570. The Hall–Kier alpha value is -3.23. The normalized spacial score (nSPS) is 11.6. The first-order valence-electron chi connectivity index (χ1n) is 7.86. The van der Waals surface area contributed by atoms with Crippen LogP contribution < -0.4 is 10.7 Å². The highest BCUT2D eigenvalue weighted by atomic mass is 19.4. The van der Waals surface area contributed by atoms with E-state index in [0.29, 0.717) is 10.6 Å². The number of carbonyl (C=O) groups excluding carboxylic acids is 1. The Kier molecular flexibility index (Phi) is 4.93. The van der Waals surface area contributed by atoms with Crippen LogP contribution in [0, 0.1) is 5.82 Å². The zero-order chi connectivity index (χ0) is 19.6. The van der Waals surface area contributed by atoms with Crippen molar-refractivity contribution in [1.82, 2.24) is 14.9 Å². The summed E-state index contributed by atoms with van der Waals surface area (Å²) in [4.78, 5) is 27.7. The molecule has 1 aromatic carbocycles. The summed E-state index contributed by atoms with van der Waals surface area (Å²) in [5.74, 6) is -1.45. The van der Waals surface area contributed by atoms with Gasteiger partial charge in [0.1, 0.15) is 11.5 Å². The lowest BCUT2D eigenvalue weighted by Gasteiger charge is -2.19. The molecule has 0 saturated heterocycles. The average Bonchev–Trinajstić information content (AvgIpc) is 2.63. The molecular formula is C18H13F4N3O2. The second-order valence-corrected chi connectivity index (χ2v) is 5.67. The Morgan fingerprint density at radius 1 is 1.15 bits per heavy atom. The van der Waals surface area contributed by atoms with Crippen LogP contribution in [0.25, 0.3) is 10.9 Å². The summed E-state index contributed by atoms with van der Waals surface area (Å²) in [5, 5.41) is 2.31. The third-order valence-corrected chi connectivity index (χ3v) is 3.93. The number of benzene rings is 1. The van der Waals surface area contributed by atoms with Crippen molar-refractivity contribution in [2.75, 3.05) is 6.54 Å². The summed E-state index contributed by atoms with van der Waals surface area (Å²) >= 11 is 0. The second kappa shape index (κ2) is 7.18. The van der Waals surface area contributed by atoms with Gasteiger partial charge in [0, 0.05) is 42.5 Å². The van der Waals surface area contributed by atoms with Gasteiger partial charge in [-0.1, -0.05) is 6.07 Å². The predicted octanol–water partition coefficient (Wildman–Crippen LogP) is 2.98. The van der Waals surface area contributed by atoms with E-state index in [-0.39, 0.29) is 24.0 Å². The van der Waals surface area contributed by atoms with Crippen molar-refractivity contribution < 1.29 is 22.4 Å². The van der Waals surface area contributed by atoms with E-state index in [1.54, 1.807) is 0 Å². The lowest BCUT2D eigenvalue weighted by atomic mass is 10.1. The number of halogens is 4. The van der Waals surface area contributed by atoms with Crippen LogP contribution in [0.3, 0.4) is 0 Å². The first-order chi connectivity index (χ1) is 12.8. The molecule has 0 fully saturated rings. The van der Waals surface area contributed by atoms with E-state index in [1.807, 2.05) is 0 Å². The van der Waals surface area contributed by atoms with Gasteiger partial charge in [-0.3, -0.25) is 14.6 Å². The highest BCUT2D eigenvalue weighted by Gasteiger charge is 2.35. The highest BCUT2D eigenvalue weighted by Crippen LogP contribution is 2.31. The molecular weight excluding hydrogens is 366 g/mol. The van der Waals surface area contributed by atoms with E-state index in [9.17, 15) is 27.2 Å². The second-order valence-electron chi connectivity index (χ2n) is 5.67. The van der Waals surface area contributed by atoms with Crippen LogP contribution in [0.15, 0.2) is 53.6 Å². The largest absolute Gasteiger partial charge is 0.431 e. The number of rotatable bonds is 4. The lowest BCUT2D eigenvalue weighted by molar-refractivity contribution is -0.143.